The zero-order chi connectivity index (χ0) is 24.0. The molecule has 0 aromatic heterocycles. The highest BCUT2D eigenvalue weighted by atomic mass is 16.5. The number of hydrogen-bond acceptors (Lipinski definition) is 3. The van der Waals surface area contributed by atoms with Gasteiger partial charge in [-0.3, -0.25) is 4.99 Å². The van der Waals surface area contributed by atoms with E-state index in [-0.39, 0.29) is 11.9 Å². The van der Waals surface area contributed by atoms with Crippen molar-refractivity contribution in [2.75, 3.05) is 6.61 Å². The Morgan fingerprint density at radius 3 is 1.69 bits per heavy atom. The van der Waals surface area contributed by atoms with E-state index >= 15 is 0 Å². The van der Waals surface area contributed by atoms with Gasteiger partial charge in [0.25, 0.3) is 0 Å². The standard InChI is InChI=1S/C32H29NO2/c1-2-35-32(34)31(33-30(25-15-5-3-6-16-25)26-17-7-4-8-18-26)29-27-19-11-9-13-23(27)21-22-24-14-10-12-20-28(24)29/h3-20,29,31H,2,21-22H2,1H3. The van der Waals surface area contributed by atoms with E-state index in [0.29, 0.717) is 6.61 Å². The molecule has 1 aliphatic carbocycles. The first-order valence-electron chi connectivity index (χ1n) is 12.3. The van der Waals surface area contributed by atoms with Gasteiger partial charge in [0.2, 0.25) is 0 Å². The van der Waals surface area contributed by atoms with Crippen molar-refractivity contribution in [3.63, 3.8) is 0 Å². The first-order chi connectivity index (χ1) is 17.3. The molecule has 0 heterocycles. The molecule has 1 atom stereocenters. The van der Waals surface area contributed by atoms with E-state index in [1.54, 1.807) is 0 Å². The SMILES string of the molecule is CCOC(=O)C(N=C(c1ccccc1)c1ccccc1)C1c2ccccc2CCc2ccccc21. The molecule has 0 saturated heterocycles. The lowest BCUT2D eigenvalue weighted by atomic mass is 9.82. The molecular formula is C32H29NO2. The predicted molar refractivity (Wildman–Crippen MR) is 141 cm³/mol. The number of ether oxygens (including phenoxy) is 1. The van der Waals surface area contributed by atoms with Crippen LogP contribution < -0.4 is 0 Å². The highest BCUT2D eigenvalue weighted by Crippen LogP contribution is 2.38. The summed E-state index contributed by atoms with van der Waals surface area (Å²) in [5, 5.41) is 0. The Balaban J connectivity index is 1.75. The second-order valence-corrected chi connectivity index (χ2v) is 8.78. The van der Waals surface area contributed by atoms with Crippen LogP contribution in [0.25, 0.3) is 0 Å². The van der Waals surface area contributed by atoms with E-state index < -0.39 is 6.04 Å². The quantitative estimate of drug-likeness (QED) is 0.248. The molecule has 0 N–H and O–H groups in total. The summed E-state index contributed by atoms with van der Waals surface area (Å²) in [6.45, 7) is 2.16. The molecule has 3 heteroatoms. The largest absolute Gasteiger partial charge is 0.464 e. The second kappa shape index (κ2) is 10.5. The van der Waals surface area contributed by atoms with Crippen LogP contribution in [0.15, 0.2) is 114 Å². The zero-order valence-electron chi connectivity index (χ0n) is 19.9. The normalized spacial score (nSPS) is 13.6. The van der Waals surface area contributed by atoms with Gasteiger partial charge in [0.1, 0.15) is 0 Å². The molecule has 174 valence electrons. The maximum absolute atomic E-state index is 13.6. The lowest BCUT2D eigenvalue weighted by Crippen LogP contribution is -2.31. The first-order valence-corrected chi connectivity index (χ1v) is 12.3. The number of benzene rings is 4. The van der Waals surface area contributed by atoms with E-state index in [2.05, 4.69) is 48.5 Å². The predicted octanol–water partition coefficient (Wildman–Crippen LogP) is 6.39. The van der Waals surface area contributed by atoms with E-state index in [0.717, 1.165) is 40.8 Å². The molecule has 4 aromatic carbocycles. The molecule has 35 heavy (non-hydrogen) atoms. The van der Waals surface area contributed by atoms with Crippen molar-refractivity contribution in [3.8, 4) is 0 Å². The van der Waals surface area contributed by atoms with Crippen molar-refractivity contribution >= 4 is 11.7 Å². The summed E-state index contributed by atoms with van der Waals surface area (Å²) >= 11 is 0. The van der Waals surface area contributed by atoms with Crippen LogP contribution in [0.4, 0.5) is 0 Å². The molecule has 0 bridgehead atoms. The average molecular weight is 460 g/mol. The third kappa shape index (κ3) is 4.81. The first kappa shape index (κ1) is 22.8. The number of carbonyl (C=O) groups is 1. The topological polar surface area (TPSA) is 38.7 Å². The van der Waals surface area contributed by atoms with Gasteiger partial charge in [-0.05, 0) is 42.0 Å². The van der Waals surface area contributed by atoms with E-state index in [9.17, 15) is 4.79 Å². The van der Waals surface area contributed by atoms with E-state index in [1.165, 1.54) is 11.1 Å². The number of rotatable bonds is 6. The molecule has 3 nitrogen and oxygen atoms in total. The third-order valence-corrected chi connectivity index (χ3v) is 6.65. The Kier molecular flexibility index (Phi) is 6.85. The molecule has 0 radical (unpaired) electrons. The van der Waals surface area contributed by atoms with Gasteiger partial charge in [-0.1, -0.05) is 109 Å². The minimum atomic E-state index is -0.717. The van der Waals surface area contributed by atoms with Gasteiger partial charge in [0.15, 0.2) is 6.04 Å². The monoisotopic (exact) mass is 459 g/mol. The van der Waals surface area contributed by atoms with Crippen molar-refractivity contribution < 1.29 is 9.53 Å². The van der Waals surface area contributed by atoms with Gasteiger partial charge in [0.05, 0.1) is 12.3 Å². The molecule has 0 saturated carbocycles. The minimum Gasteiger partial charge on any atom is -0.464 e. The van der Waals surface area contributed by atoms with Crippen molar-refractivity contribution in [1.82, 2.24) is 0 Å². The minimum absolute atomic E-state index is 0.230. The number of esters is 1. The van der Waals surface area contributed by atoms with Crippen LogP contribution >= 0.6 is 0 Å². The Hall–Kier alpha value is -3.98. The fraction of sp³-hybridized carbons (Fsp3) is 0.188. The lowest BCUT2D eigenvalue weighted by molar-refractivity contribution is -0.144. The molecule has 0 aliphatic heterocycles. The highest BCUT2D eigenvalue weighted by molar-refractivity contribution is 6.13. The van der Waals surface area contributed by atoms with Gasteiger partial charge in [-0.25, -0.2) is 4.79 Å². The van der Waals surface area contributed by atoms with Gasteiger partial charge in [-0.15, -0.1) is 0 Å². The van der Waals surface area contributed by atoms with Gasteiger partial charge < -0.3 is 4.74 Å². The fourth-order valence-corrected chi connectivity index (χ4v) is 5.05. The number of aryl methyl sites for hydroxylation is 2. The molecule has 0 spiro atoms. The van der Waals surface area contributed by atoms with Crippen LogP contribution in [-0.2, 0) is 22.4 Å². The van der Waals surface area contributed by atoms with Crippen molar-refractivity contribution in [2.24, 2.45) is 4.99 Å². The van der Waals surface area contributed by atoms with Crippen LogP contribution in [0.3, 0.4) is 0 Å². The number of aliphatic imine (C=N–C) groups is 1. The Morgan fingerprint density at radius 1 is 0.743 bits per heavy atom. The smallest absolute Gasteiger partial charge is 0.331 e. The molecule has 4 aromatic rings. The lowest BCUT2D eigenvalue weighted by Gasteiger charge is -2.26. The average Bonchev–Trinajstić information content (AvgIpc) is 3.08. The molecule has 0 amide bonds. The highest BCUT2D eigenvalue weighted by Gasteiger charge is 2.36. The van der Waals surface area contributed by atoms with Gasteiger partial charge in [0, 0.05) is 17.0 Å². The van der Waals surface area contributed by atoms with Crippen molar-refractivity contribution in [3.05, 3.63) is 143 Å². The summed E-state index contributed by atoms with van der Waals surface area (Å²) in [4.78, 5) is 18.9. The summed E-state index contributed by atoms with van der Waals surface area (Å²) in [5.74, 6) is -0.528. The zero-order valence-corrected chi connectivity index (χ0v) is 19.9. The van der Waals surface area contributed by atoms with Crippen LogP contribution in [0, 0.1) is 0 Å². The number of carbonyl (C=O) groups excluding carboxylic acids is 1. The van der Waals surface area contributed by atoms with Gasteiger partial charge in [-0.2, -0.15) is 0 Å². The van der Waals surface area contributed by atoms with E-state index in [4.69, 9.17) is 9.73 Å². The van der Waals surface area contributed by atoms with E-state index in [1.807, 2.05) is 67.6 Å². The van der Waals surface area contributed by atoms with Gasteiger partial charge >= 0.3 is 5.97 Å². The van der Waals surface area contributed by atoms with Crippen LogP contribution in [0.1, 0.15) is 46.2 Å². The van der Waals surface area contributed by atoms with Crippen molar-refractivity contribution in [2.45, 2.75) is 31.7 Å². The Labute approximate surface area is 207 Å². The molecule has 1 aliphatic rings. The fourth-order valence-electron chi connectivity index (χ4n) is 5.05. The summed E-state index contributed by atoms with van der Waals surface area (Å²) < 4.78 is 5.65. The maximum atomic E-state index is 13.6. The number of fused-ring (bicyclic) bond motifs is 2. The third-order valence-electron chi connectivity index (χ3n) is 6.65. The Bertz CT molecular complexity index is 1240. The molecule has 5 rings (SSSR count). The molecule has 0 fully saturated rings. The maximum Gasteiger partial charge on any atom is 0.331 e. The molecular weight excluding hydrogens is 430 g/mol. The second-order valence-electron chi connectivity index (χ2n) is 8.78. The summed E-state index contributed by atoms with van der Waals surface area (Å²) in [5.41, 5.74) is 7.58. The summed E-state index contributed by atoms with van der Waals surface area (Å²) in [6.07, 6.45) is 1.88. The Morgan fingerprint density at radius 2 is 1.20 bits per heavy atom. The van der Waals surface area contributed by atoms with Crippen LogP contribution in [0.2, 0.25) is 0 Å². The van der Waals surface area contributed by atoms with Crippen LogP contribution in [0.5, 0.6) is 0 Å². The number of hydrogen-bond donors (Lipinski definition) is 0. The van der Waals surface area contributed by atoms with Crippen molar-refractivity contribution in [1.29, 1.82) is 0 Å². The number of nitrogens with zero attached hydrogens (tertiary/aromatic N) is 1. The summed E-state index contributed by atoms with van der Waals surface area (Å²) in [6, 6.07) is 36.4. The molecule has 1 unspecified atom stereocenters. The summed E-state index contributed by atoms with van der Waals surface area (Å²) in [7, 11) is 0. The van der Waals surface area contributed by atoms with Crippen LogP contribution in [-0.4, -0.2) is 24.3 Å².